The Morgan fingerprint density at radius 1 is 1.29 bits per heavy atom. The molecule has 2 aromatic rings. The van der Waals surface area contributed by atoms with Gasteiger partial charge < -0.3 is 14.5 Å². The molecule has 0 bridgehead atoms. The molecule has 130 valence electrons. The lowest BCUT2D eigenvalue weighted by Crippen LogP contribution is -2.33. The Bertz CT molecular complexity index is 628. The smallest absolute Gasteiger partial charge is 0.243 e. The van der Waals surface area contributed by atoms with E-state index in [0.717, 1.165) is 18.7 Å². The zero-order valence-electron chi connectivity index (χ0n) is 14.4. The Morgan fingerprint density at radius 3 is 2.75 bits per heavy atom. The number of carbonyl (C=O) groups is 1. The lowest BCUT2D eigenvalue weighted by molar-refractivity contribution is -0.124. The quantitative estimate of drug-likeness (QED) is 0.848. The highest BCUT2D eigenvalue weighted by Gasteiger charge is 2.21. The molecule has 1 amide bonds. The van der Waals surface area contributed by atoms with Crippen LogP contribution in [0.25, 0.3) is 0 Å². The van der Waals surface area contributed by atoms with Crippen molar-refractivity contribution in [2.75, 3.05) is 0 Å². The van der Waals surface area contributed by atoms with Crippen LogP contribution < -0.4 is 5.32 Å². The third-order valence-corrected chi connectivity index (χ3v) is 4.89. The molecule has 0 spiro atoms. The van der Waals surface area contributed by atoms with Crippen LogP contribution in [0, 0.1) is 0 Å². The number of nitrogens with zero attached hydrogens (tertiary/aromatic N) is 4. The first-order valence-electron chi connectivity index (χ1n) is 9.08. The first-order chi connectivity index (χ1) is 11.8. The molecule has 2 aromatic heterocycles. The summed E-state index contributed by atoms with van der Waals surface area (Å²) in [6.07, 6.45) is 13.7. The number of aromatic nitrogens is 4. The fraction of sp³-hybridized carbons (Fsp3) is 0.611. The van der Waals surface area contributed by atoms with Gasteiger partial charge in [0.25, 0.3) is 0 Å². The predicted molar refractivity (Wildman–Crippen MR) is 92.4 cm³/mol. The second-order valence-electron chi connectivity index (χ2n) is 6.60. The molecule has 6 heteroatoms. The monoisotopic (exact) mass is 329 g/mol. The van der Waals surface area contributed by atoms with E-state index < -0.39 is 0 Å². The maximum absolute atomic E-state index is 12.6. The molecular formula is C18H27N5O. The molecule has 2 heterocycles. The van der Waals surface area contributed by atoms with Gasteiger partial charge in [-0.25, -0.2) is 0 Å². The number of carbonyl (C=O) groups excluding carboxylic acids is 1. The minimum absolute atomic E-state index is 0.0474. The predicted octanol–water partition coefficient (Wildman–Crippen LogP) is 3.24. The van der Waals surface area contributed by atoms with Crippen LogP contribution in [-0.2, 0) is 11.3 Å². The van der Waals surface area contributed by atoms with Gasteiger partial charge in [0.05, 0.1) is 6.54 Å². The maximum Gasteiger partial charge on any atom is 0.243 e. The Hall–Kier alpha value is -2.11. The van der Waals surface area contributed by atoms with Crippen molar-refractivity contribution in [3.05, 3.63) is 36.7 Å². The lowest BCUT2D eigenvalue weighted by atomic mass is 9.95. The molecule has 1 aliphatic carbocycles. The molecule has 1 saturated carbocycles. The van der Waals surface area contributed by atoms with Gasteiger partial charge in [-0.1, -0.05) is 32.6 Å². The van der Waals surface area contributed by atoms with E-state index in [1.165, 1.54) is 32.1 Å². The summed E-state index contributed by atoms with van der Waals surface area (Å²) in [5.74, 6) is 0.907. The molecule has 0 radical (unpaired) electrons. The van der Waals surface area contributed by atoms with Crippen LogP contribution in [0.1, 0.15) is 69.8 Å². The second-order valence-corrected chi connectivity index (χ2v) is 6.60. The number of hydrogen-bond acceptors (Lipinski definition) is 3. The van der Waals surface area contributed by atoms with E-state index in [1.807, 2.05) is 35.4 Å². The SMILES string of the molecule is CCCC(C(=O)NCc1nncn1C1CCCCC1)n1cccc1. The largest absolute Gasteiger partial charge is 0.347 e. The van der Waals surface area contributed by atoms with E-state index in [-0.39, 0.29) is 11.9 Å². The Labute approximate surface area is 143 Å². The summed E-state index contributed by atoms with van der Waals surface area (Å²) in [5, 5.41) is 11.3. The highest BCUT2D eigenvalue weighted by atomic mass is 16.2. The molecular weight excluding hydrogens is 302 g/mol. The number of amides is 1. The lowest BCUT2D eigenvalue weighted by Gasteiger charge is -2.24. The summed E-state index contributed by atoms with van der Waals surface area (Å²) in [6, 6.07) is 4.23. The summed E-state index contributed by atoms with van der Waals surface area (Å²) < 4.78 is 4.13. The van der Waals surface area contributed by atoms with Gasteiger partial charge in [-0.05, 0) is 31.4 Å². The number of rotatable bonds is 7. The third-order valence-electron chi connectivity index (χ3n) is 4.89. The number of hydrogen-bond donors (Lipinski definition) is 1. The topological polar surface area (TPSA) is 64.7 Å². The van der Waals surface area contributed by atoms with Crippen LogP contribution in [0.15, 0.2) is 30.9 Å². The molecule has 3 rings (SSSR count). The van der Waals surface area contributed by atoms with E-state index in [1.54, 1.807) is 0 Å². The summed E-state index contributed by atoms with van der Waals surface area (Å²) in [7, 11) is 0. The fourth-order valence-electron chi connectivity index (χ4n) is 3.59. The molecule has 1 fully saturated rings. The van der Waals surface area contributed by atoms with Gasteiger partial charge in [0, 0.05) is 18.4 Å². The molecule has 1 N–H and O–H groups in total. The first kappa shape index (κ1) is 16.7. The summed E-state index contributed by atoms with van der Waals surface area (Å²) in [5.41, 5.74) is 0. The highest BCUT2D eigenvalue weighted by Crippen LogP contribution is 2.28. The van der Waals surface area contributed by atoms with Crippen molar-refractivity contribution in [2.45, 2.75) is 70.5 Å². The highest BCUT2D eigenvalue weighted by molar-refractivity contribution is 5.80. The van der Waals surface area contributed by atoms with Crippen molar-refractivity contribution in [3.63, 3.8) is 0 Å². The van der Waals surface area contributed by atoms with Gasteiger partial charge in [-0.15, -0.1) is 10.2 Å². The first-order valence-corrected chi connectivity index (χ1v) is 9.08. The summed E-state index contributed by atoms with van der Waals surface area (Å²) in [6.45, 7) is 2.54. The summed E-state index contributed by atoms with van der Waals surface area (Å²) >= 11 is 0. The molecule has 0 aliphatic heterocycles. The van der Waals surface area contributed by atoms with Crippen molar-refractivity contribution in [1.29, 1.82) is 0 Å². The van der Waals surface area contributed by atoms with Crippen molar-refractivity contribution in [2.24, 2.45) is 0 Å². The maximum atomic E-state index is 12.6. The summed E-state index contributed by atoms with van der Waals surface area (Å²) in [4.78, 5) is 12.6. The fourth-order valence-corrected chi connectivity index (χ4v) is 3.59. The van der Waals surface area contributed by atoms with E-state index in [2.05, 4.69) is 27.0 Å². The molecule has 1 aliphatic rings. The normalized spacial score (nSPS) is 16.9. The van der Waals surface area contributed by atoms with Gasteiger partial charge in [-0.2, -0.15) is 0 Å². The Balaban J connectivity index is 1.62. The van der Waals surface area contributed by atoms with E-state index in [4.69, 9.17) is 0 Å². The number of nitrogens with one attached hydrogen (secondary N) is 1. The van der Waals surface area contributed by atoms with Crippen LogP contribution in [-0.4, -0.2) is 25.2 Å². The Morgan fingerprint density at radius 2 is 2.04 bits per heavy atom. The molecule has 24 heavy (non-hydrogen) atoms. The molecule has 0 saturated heterocycles. The van der Waals surface area contributed by atoms with Crippen molar-refractivity contribution < 1.29 is 4.79 Å². The van der Waals surface area contributed by atoms with Gasteiger partial charge in [0.1, 0.15) is 12.4 Å². The van der Waals surface area contributed by atoms with Crippen LogP contribution in [0.2, 0.25) is 0 Å². The molecule has 1 unspecified atom stereocenters. The van der Waals surface area contributed by atoms with Gasteiger partial charge in [0.15, 0.2) is 5.82 Å². The van der Waals surface area contributed by atoms with E-state index in [0.29, 0.717) is 12.6 Å². The van der Waals surface area contributed by atoms with Crippen molar-refractivity contribution in [1.82, 2.24) is 24.6 Å². The standard InChI is InChI=1S/C18H27N5O/c1-2-8-16(22-11-6-7-12-22)18(24)19-13-17-21-20-14-23(17)15-9-4-3-5-10-15/h6-7,11-12,14-16H,2-5,8-10,13H2,1H3,(H,19,24). The van der Waals surface area contributed by atoms with Crippen LogP contribution >= 0.6 is 0 Å². The molecule has 6 nitrogen and oxygen atoms in total. The zero-order valence-corrected chi connectivity index (χ0v) is 14.4. The Kier molecular flexibility index (Phi) is 5.67. The average Bonchev–Trinajstić information content (AvgIpc) is 3.30. The van der Waals surface area contributed by atoms with Crippen molar-refractivity contribution in [3.8, 4) is 0 Å². The second kappa shape index (κ2) is 8.13. The van der Waals surface area contributed by atoms with Gasteiger partial charge in [-0.3, -0.25) is 4.79 Å². The van der Waals surface area contributed by atoms with E-state index >= 15 is 0 Å². The van der Waals surface area contributed by atoms with Crippen molar-refractivity contribution >= 4 is 5.91 Å². The van der Waals surface area contributed by atoms with Crippen LogP contribution in [0.5, 0.6) is 0 Å². The van der Waals surface area contributed by atoms with Gasteiger partial charge in [0.2, 0.25) is 5.91 Å². The van der Waals surface area contributed by atoms with Crippen LogP contribution in [0.4, 0.5) is 0 Å². The molecule has 0 aromatic carbocycles. The molecule has 1 atom stereocenters. The minimum Gasteiger partial charge on any atom is -0.347 e. The minimum atomic E-state index is -0.156. The van der Waals surface area contributed by atoms with Gasteiger partial charge >= 0.3 is 0 Å². The van der Waals surface area contributed by atoms with E-state index in [9.17, 15) is 4.79 Å². The van der Waals surface area contributed by atoms with Crippen LogP contribution in [0.3, 0.4) is 0 Å². The average molecular weight is 329 g/mol. The third kappa shape index (κ3) is 3.86. The zero-order chi connectivity index (χ0) is 16.8.